The molecule has 2 aliphatic heterocycles. The molecule has 9 heteroatoms. The molecule has 0 radical (unpaired) electrons. The van der Waals surface area contributed by atoms with Crippen molar-refractivity contribution in [2.45, 2.75) is 38.2 Å². The van der Waals surface area contributed by atoms with E-state index in [1.54, 1.807) is 4.90 Å². The van der Waals surface area contributed by atoms with Crippen LogP contribution in [0.2, 0.25) is 0 Å². The van der Waals surface area contributed by atoms with Gasteiger partial charge in [-0.15, -0.1) is 0 Å². The number of ether oxygens (including phenoxy) is 2. The quantitative estimate of drug-likeness (QED) is 0.616. The van der Waals surface area contributed by atoms with Gasteiger partial charge < -0.3 is 14.8 Å². The lowest BCUT2D eigenvalue weighted by Gasteiger charge is -2.25. The summed E-state index contributed by atoms with van der Waals surface area (Å²) in [6.07, 6.45) is 5.58. The van der Waals surface area contributed by atoms with E-state index in [1.165, 1.54) is 11.3 Å². The average molecular weight is 465 g/mol. The van der Waals surface area contributed by atoms with Crippen LogP contribution in [0.15, 0.2) is 30.5 Å². The molecule has 4 heterocycles. The van der Waals surface area contributed by atoms with Crippen molar-refractivity contribution in [3.8, 4) is 11.1 Å². The fraction of sp³-hybridized carbons (Fsp3) is 0.417. The Balaban J connectivity index is 1.23. The topological polar surface area (TPSA) is 93.7 Å². The van der Waals surface area contributed by atoms with Crippen LogP contribution in [-0.2, 0) is 20.7 Å². The Morgan fingerprint density at radius 1 is 1.12 bits per heavy atom. The largest absolute Gasteiger partial charge is 0.446 e. The fourth-order valence-corrected chi connectivity index (χ4v) is 5.21. The lowest BCUT2D eigenvalue weighted by atomic mass is 10.1. The van der Waals surface area contributed by atoms with Crippen molar-refractivity contribution in [3.63, 3.8) is 0 Å². The molecule has 3 aliphatic rings. The predicted molar refractivity (Wildman–Crippen MR) is 126 cm³/mol. The minimum absolute atomic E-state index is 0.0600. The molecule has 3 aromatic rings. The standard InChI is InChI=1S/C24H24N4O4S/c29-22(14-1-2-14)27-23-26-19-4-3-15(12-21(19)33-23)16-11-20-18(25-13-16)5-8-28(20)24(30)32-17-6-9-31-10-7-17/h3-4,11-14,17H,1-2,5-10H2,(H,26,27,29). The molecule has 0 spiro atoms. The van der Waals surface area contributed by atoms with Gasteiger partial charge in [0, 0.05) is 43.5 Å². The zero-order valence-electron chi connectivity index (χ0n) is 18.1. The Morgan fingerprint density at radius 2 is 1.97 bits per heavy atom. The molecule has 0 unspecified atom stereocenters. The molecule has 1 saturated heterocycles. The van der Waals surface area contributed by atoms with Crippen molar-refractivity contribution >= 4 is 44.4 Å². The Labute approximate surface area is 194 Å². The normalized spacial score (nSPS) is 18.4. The van der Waals surface area contributed by atoms with E-state index in [1.807, 2.05) is 24.4 Å². The molecule has 2 aromatic heterocycles. The highest BCUT2D eigenvalue weighted by Gasteiger charge is 2.31. The van der Waals surface area contributed by atoms with Crippen LogP contribution >= 0.6 is 11.3 Å². The lowest BCUT2D eigenvalue weighted by molar-refractivity contribution is -0.117. The minimum Gasteiger partial charge on any atom is -0.446 e. The number of amides is 2. The summed E-state index contributed by atoms with van der Waals surface area (Å²) in [6, 6.07) is 8.03. The van der Waals surface area contributed by atoms with E-state index in [-0.39, 0.29) is 24.0 Å². The number of pyridine rings is 1. The van der Waals surface area contributed by atoms with E-state index in [0.29, 0.717) is 24.9 Å². The van der Waals surface area contributed by atoms with Crippen LogP contribution in [-0.4, -0.2) is 47.8 Å². The molecular weight excluding hydrogens is 440 g/mol. The summed E-state index contributed by atoms with van der Waals surface area (Å²) in [5, 5.41) is 3.56. The summed E-state index contributed by atoms with van der Waals surface area (Å²) in [6.45, 7) is 1.84. The van der Waals surface area contributed by atoms with E-state index in [9.17, 15) is 9.59 Å². The highest BCUT2D eigenvalue weighted by Crippen LogP contribution is 2.36. The minimum atomic E-state index is -0.312. The summed E-state index contributed by atoms with van der Waals surface area (Å²) in [7, 11) is 0. The molecule has 1 N–H and O–H groups in total. The smallest absolute Gasteiger partial charge is 0.414 e. The summed E-state index contributed by atoms with van der Waals surface area (Å²) in [4.78, 5) is 35.8. The maximum absolute atomic E-state index is 12.8. The maximum Gasteiger partial charge on any atom is 0.414 e. The first-order valence-corrected chi connectivity index (χ1v) is 12.2. The number of fused-ring (bicyclic) bond motifs is 2. The second-order valence-electron chi connectivity index (χ2n) is 8.75. The van der Waals surface area contributed by atoms with Gasteiger partial charge in [-0.1, -0.05) is 17.4 Å². The molecule has 0 bridgehead atoms. The third kappa shape index (κ3) is 4.18. The number of carbonyl (C=O) groups excluding carboxylic acids is 2. The molecule has 6 rings (SSSR count). The molecule has 170 valence electrons. The Kier molecular flexibility index (Phi) is 5.22. The van der Waals surface area contributed by atoms with Crippen LogP contribution in [0.25, 0.3) is 21.3 Å². The lowest BCUT2D eigenvalue weighted by Crippen LogP contribution is -2.35. The second-order valence-corrected chi connectivity index (χ2v) is 9.78. The molecule has 1 saturated carbocycles. The van der Waals surface area contributed by atoms with Crippen LogP contribution in [0.1, 0.15) is 31.4 Å². The van der Waals surface area contributed by atoms with Gasteiger partial charge >= 0.3 is 6.09 Å². The Hall–Kier alpha value is -3.04. The van der Waals surface area contributed by atoms with Gasteiger partial charge in [-0.05, 0) is 36.6 Å². The molecule has 2 amide bonds. The highest BCUT2D eigenvalue weighted by molar-refractivity contribution is 7.22. The number of nitrogens with one attached hydrogen (secondary N) is 1. The van der Waals surface area contributed by atoms with Gasteiger partial charge in [0.25, 0.3) is 0 Å². The summed E-state index contributed by atoms with van der Waals surface area (Å²) < 4.78 is 12.1. The van der Waals surface area contributed by atoms with Crippen LogP contribution in [0.3, 0.4) is 0 Å². The Bertz CT molecular complexity index is 1230. The number of hydrogen-bond acceptors (Lipinski definition) is 7. The van der Waals surface area contributed by atoms with E-state index in [4.69, 9.17) is 9.47 Å². The molecule has 8 nitrogen and oxygen atoms in total. The number of rotatable bonds is 4. The summed E-state index contributed by atoms with van der Waals surface area (Å²) >= 11 is 1.47. The zero-order chi connectivity index (χ0) is 22.4. The molecule has 33 heavy (non-hydrogen) atoms. The van der Waals surface area contributed by atoms with Gasteiger partial charge in [0.1, 0.15) is 6.10 Å². The van der Waals surface area contributed by atoms with E-state index in [0.717, 1.165) is 64.8 Å². The molecule has 1 aromatic carbocycles. The van der Waals surface area contributed by atoms with Crippen molar-refractivity contribution in [3.05, 3.63) is 36.2 Å². The first kappa shape index (κ1) is 20.6. The van der Waals surface area contributed by atoms with Crippen LogP contribution in [0.5, 0.6) is 0 Å². The van der Waals surface area contributed by atoms with Gasteiger partial charge in [0.2, 0.25) is 5.91 Å². The fourth-order valence-electron chi connectivity index (χ4n) is 4.30. The maximum atomic E-state index is 12.8. The van der Waals surface area contributed by atoms with E-state index >= 15 is 0 Å². The van der Waals surface area contributed by atoms with Gasteiger partial charge in [-0.2, -0.15) is 0 Å². The van der Waals surface area contributed by atoms with Crippen LogP contribution in [0.4, 0.5) is 15.6 Å². The number of nitrogens with zero attached hydrogens (tertiary/aromatic N) is 3. The van der Waals surface area contributed by atoms with Crippen molar-refractivity contribution in [2.75, 3.05) is 30.0 Å². The first-order chi connectivity index (χ1) is 16.1. The summed E-state index contributed by atoms with van der Waals surface area (Å²) in [5.74, 6) is 0.205. The number of hydrogen-bond donors (Lipinski definition) is 1. The van der Waals surface area contributed by atoms with E-state index in [2.05, 4.69) is 21.4 Å². The third-order valence-corrected chi connectivity index (χ3v) is 7.30. The molecule has 2 fully saturated rings. The van der Waals surface area contributed by atoms with Gasteiger partial charge in [0.15, 0.2) is 5.13 Å². The molecular formula is C24H24N4O4S. The van der Waals surface area contributed by atoms with Crippen LogP contribution < -0.4 is 10.2 Å². The van der Waals surface area contributed by atoms with Crippen molar-refractivity contribution in [1.82, 2.24) is 9.97 Å². The van der Waals surface area contributed by atoms with Gasteiger partial charge in [-0.3, -0.25) is 14.7 Å². The monoisotopic (exact) mass is 464 g/mol. The molecule has 1 aliphatic carbocycles. The van der Waals surface area contributed by atoms with Crippen molar-refractivity contribution < 1.29 is 19.1 Å². The highest BCUT2D eigenvalue weighted by atomic mass is 32.1. The van der Waals surface area contributed by atoms with Crippen LogP contribution in [0, 0.1) is 5.92 Å². The second kappa shape index (κ2) is 8.39. The zero-order valence-corrected chi connectivity index (χ0v) is 18.9. The Morgan fingerprint density at radius 3 is 2.79 bits per heavy atom. The predicted octanol–water partition coefficient (Wildman–Crippen LogP) is 4.38. The number of anilines is 2. The van der Waals surface area contributed by atoms with Gasteiger partial charge in [-0.25, -0.2) is 9.78 Å². The summed E-state index contributed by atoms with van der Waals surface area (Å²) in [5.41, 5.74) is 4.49. The van der Waals surface area contributed by atoms with Gasteiger partial charge in [0.05, 0.1) is 34.8 Å². The number of thiazole rings is 1. The number of carbonyl (C=O) groups is 2. The average Bonchev–Trinajstić information content (AvgIpc) is 3.48. The third-order valence-electron chi connectivity index (χ3n) is 6.37. The number of aromatic nitrogens is 2. The first-order valence-electron chi connectivity index (χ1n) is 11.4. The molecule has 0 atom stereocenters. The SMILES string of the molecule is O=C(Nc1nc2ccc(-c3cnc4c(c3)N(C(=O)OC3CCOCC3)CC4)cc2s1)C1CC1. The van der Waals surface area contributed by atoms with Crippen molar-refractivity contribution in [2.24, 2.45) is 5.92 Å². The van der Waals surface area contributed by atoms with E-state index < -0.39 is 0 Å². The number of benzene rings is 1. The van der Waals surface area contributed by atoms with Crippen molar-refractivity contribution in [1.29, 1.82) is 0 Å².